The minimum Gasteiger partial charge on any atom is -0.423 e. The fraction of sp³-hybridized carbons (Fsp3) is 0. The van der Waals surface area contributed by atoms with E-state index in [9.17, 15) is 43.5 Å². The van der Waals surface area contributed by atoms with Crippen LogP contribution in [0.15, 0.2) is 127 Å². The molecule has 0 radical (unpaired) electrons. The molecule has 7 rings (SSSR count). The van der Waals surface area contributed by atoms with Gasteiger partial charge >= 0.3 is 24.2 Å². The van der Waals surface area contributed by atoms with E-state index in [1.54, 1.807) is 24.4 Å². The van der Waals surface area contributed by atoms with E-state index in [0.29, 0.717) is 38.1 Å². The number of nitrogen functional groups attached to an aromatic ring is 5. The zero-order chi connectivity index (χ0) is 46.8. The van der Waals surface area contributed by atoms with E-state index in [1.807, 2.05) is 0 Å². The molecule has 7 aromatic rings. The lowest BCUT2D eigenvalue weighted by molar-refractivity contribution is -0.384. The van der Waals surface area contributed by atoms with Crippen molar-refractivity contribution in [3.8, 4) is 22.3 Å². The molecule has 0 spiro atoms. The molecule has 0 saturated carbocycles. The third-order valence-electron chi connectivity index (χ3n) is 7.62. The Hall–Kier alpha value is -8.36. The van der Waals surface area contributed by atoms with Crippen molar-refractivity contribution in [3.63, 3.8) is 0 Å². The Labute approximate surface area is 361 Å². The van der Waals surface area contributed by atoms with Gasteiger partial charge in [-0.25, -0.2) is 13.2 Å². The van der Waals surface area contributed by atoms with Crippen LogP contribution in [-0.2, 0) is 0 Å². The molecule has 0 amide bonds. The molecule has 0 saturated heterocycles. The first-order valence-electron chi connectivity index (χ1n) is 17.0. The Bertz CT molecular complexity index is 2710. The summed E-state index contributed by atoms with van der Waals surface area (Å²) >= 11 is 3.02. The van der Waals surface area contributed by atoms with Crippen molar-refractivity contribution in [2.45, 2.75) is 0 Å². The van der Waals surface area contributed by atoms with Gasteiger partial charge in [0.25, 0.3) is 0 Å². The quantitative estimate of drug-likeness (QED) is 0.0637. The fourth-order valence-corrected chi connectivity index (χ4v) is 4.88. The highest BCUT2D eigenvalue weighted by atomic mass is 79.9. The number of nitrogens with two attached hydrogens (primary N) is 5. The SMILES string of the molecule is Nc1c(-c2cccc(F)c2)cncc1[N+](=O)[O-].Nc1c(Br)cncc1[N+](=O)[O-].Nc1ccncc1[N+](=O)[O-].Nc1cncc(-c2cccc(F)c2)c1N.OB(O)c1cncc(F)c1. The van der Waals surface area contributed by atoms with E-state index in [0.717, 1.165) is 30.9 Å². The number of rotatable bonds is 6. The predicted molar refractivity (Wildman–Crippen MR) is 231 cm³/mol. The number of nitro groups is 3. The number of pyridine rings is 5. The molecule has 63 heavy (non-hydrogen) atoms. The van der Waals surface area contributed by atoms with Gasteiger partial charge in [0.2, 0.25) is 0 Å². The molecule has 21 nitrogen and oxygen atoms in total. The lowest BCUT2D eigenvalue weighted by Crippen LogP contribution is -2.30. The first kappa shape index (κ1) is 49.0. The summed E-state index contributed by atoms with van der Waals surface area (Å²) in [6.07, 6.45) is 12.7. The summed E-state index contributed by atoms with van der Waals surface area (Å²) in [5.74, 6) is -1.33. The number of nitrogens with zero attached hydrogens (tertiary/aromatic N) is 8. The third-order valence-corrected chi connectivity index (χ3v) is 8.25. The molecule has 0 aliphatic rings. The number of hydrogen-bond acceptors (Lipinski definition) is 18. The van der Waals surface area contributed by atoms with Crippen LogP contribution in [0.1, 0.15) is 0 Å². The largest absolute Gasteiger partial charge is 0.490 e. The molecule has 0 aliphatic heterocycles. The lowest BCUT2D eigenvalue weighted by atomic mass is 9.82. The van der Waals surface area contributed by atoms with E-state index < -0.39 is 33.5 Å². The van der Waals surface area contributed by atoms with Crippen LogP contribution in [0.3, 0.4) is 0 Å². The summed E-state index contributed by atoms with van der Waals surface area (Å²) in [4.78, 5) is 47.5. The van der Waals surface area contributed by atoms with Crippen LogP contribution in [0.5, 0.6) is 0 Å². The normalized spacial score (nSPS) is 9.81. The average Bonchev–Trinajstić information content (AvgIpc) is 3.24. The van der Waals surface area contributed by atoms with Gasteiger partial charge in [-0.05, 0) is 63.5 Å². The highest BCUT2D eigenvalue weighted by molar-refractivity contribution is 9.10. The Morgan fingerprint density at radius 1 is 0.524 bits per heavy atom. The van der Waals surface area contributed by atoms with Gasteiger partial charge in [-0.2, -0.15) is 0 Å². The van der Waals surface area contributed by atoms with Crippen LogP contribution in [-0.4, -0.2) is 56.9 Å². The molecule has 5 aromatic heterocycles. The molecule has 0 fully saturated rings. The average molecular weight is 934 g/mol. The Morgan fingerprint density at radius 2 is 1.00 bits per heavy atom. The van der Waals surface area contributed by atoms with Crippen LogP contribution in [0, 0.1) is 47.8 Å². The van der Waals surface area contributed by atoms with Gasteiger partial charge < -0.3 is 38.7 Å². The van der Waals surface area contributed by atoms with Gasteiger partial charge in [0, 0.05) is 47.6 Å². The van der Waals surface area contributed by atoms with Crippen LogP contribution < -0.4 is 34.1 Å². The van der Waals surface area contributed by atoms with Crippen molar-refractivity contribution < 1.29 is 38.0 Å². The number of benzene rings is 2. The molecule has 0 bridgehead atoms. The second-order valence-corrected chi connectivity index (χ2v) is 12.8. The van der Waals surface area contributed by atoms with Crippen LogP contribution in [0.2, 0.25) is 0 Å². The van der Waals surface area contributed by atoms with E-state index in [1.165, 1.54) is 67.4 Å². The fourth-order valence-electron chi connectivity index (χ4n) is 4.56. The van der Waals surface area contributed by atoms with Crippen LogP contribution in [0.25, 0.3) is 22.3 Å². The van der Waals surface area contributed by atoms with Gasteiger partial charge in [0.05, 0.1) is 43.0 Å². The Kier molecular flexibility index (Phi) is 18.2. The second kappa shape index (κ2) is 23.4. The van der Waals surface area contributed by atoms with E-state index in [4.69, 9.17) is 38.7 Å². The monoisotopic (exact) mass is 933 g/mol. The highest BCUT2D eigenvalue weighted by Gasteiger charge is 2.17. The molecule has 0 unspecified atom stereocenters. The Morgan fingerprint density at radius 3 is 1.44 bits per heavy atom. The number of halogens is 4. The van der Waals surface area contributed by atoms with Gasteiger partial charge in [0.1, 0.15) is 53.1 Å². The first-order chi connectivity index (χ1) is 29.8. The van der Waals surface area contributed by atoms with Gasteiger partial charge in [0.15, 0.2) is 0 Å². The molecule has 12 N–H and O–H groups in total. The maximum absolute atomic E-state index is 13.0. The molecule has 5 heterocycles. The van der Waals surface area contributed by atoms with Gasteiger partial charge in [-0.1, -0.05) is 24.3 Å². The van der Waals surface area contributed by atoms with Crippen molar-refractivity contribution in [3.05, 3.63) is 175 Å². The zero-order valence-corrected chi connectivity index (χ0v) is 33.5. The van der Waals surface area contributed by atoms with Gasteiger partial charge in [-0.3, -0.25) is 55.3 Å². The summed E-state index contributed by atoms with van der Waals surface area (Å²) in [5, 5.41) is 48.0. The summed E-state index contributed by atoms with van der Waals surface area (Å²) in [6.45, 7) is 0. The molecule has 0 atom stereocenters. The summed E-state index contributed by atoms with van der Waals surface area (Å²) in [5.41, 5.74) is 30.3. The Balaban J connectivity index is 0.000000213. The lowest BCUT2D eigenvalue weighted by Gasteiger charge is -2.07. The van der Waals surface area contributed by atoms with Crippen molar-refractivity contribution in [1.82, 2.24) is 24.9 Å². The standard InChI is InChI=1S/C11H8FN3O2.C11H10FN3.C5H5BFNO2.C5H4BrN3O2.C5H5N3O2/c12-8-3-1-2-7(4-8)9-5-14-6-10(11(9)13)15(16)17;12-8-3-1-2-7(4-8)9-5-15-6-10(13)11(9)14;7-5-1-4(6(9)10)2-8-3-5;6-3-1-8-2-4(5(3)7)9(10)11;6-4-1-2-7-3-5(4)8(9)10/h1-6H,(H2,13,14);1-6H,13H2,(H2,14,15);1-3,9-10H;1-2H,(H2,7,8);1-3H,(H2,6,7). The number of hydrogen-bond donors (Lipinski definition) is 7. The molecule has 2 aromatic carbocycles. The van der Waals surface area contributed by atoms with E-state index >= 15 is 0 Å². The zero-order valence-electron chi connectivity index (χ0n) is 31.9. The smallest absolute Gasteiger partial charge is 0.423 e. The maximum Gasteiger partial charge on any atom is 0.490 e. The van der Waals surface area contributed by atoms with Crippen molar-refractivity contribution in [2.24, 2.45) is 0 Å². The molecule has 0 aliphatic carbocycles. The predicted octanol–water partition coefficient (Wildman–Crippen LogP) is 5.24. The summed E-state index contributed by atoms with van der Waals surface area (Å²) < 4.78 is 38.7. The minimum absolute atomic E-state index is 0.0180. The van der Waals surface area contributed by atoms with Crippen molar-refractivity contribution in [1.29, 1.82) is 0 Å². The van der Waals surface area contributed by atoms with Crippen LogP contribution >= 0.6 is 15.9 Å². The second-order valence-electron chi connectivity index (χ2n) is 11.9. The van der Waals surface area contributed by atoms with Crippen molar-refractivity contribution >= 4 is 74.0 Å². The number of aromatic nitrogens is 5. The molecule has 26 heteroatoms. The van der Waals surface area contributed by atoms with E-state index in [2.05, 4.69) is 40.8 Å². The minimum atomic E-state index is -1.65. The number of anilines is 5. The van der Waals surface area contributed by atoms with Crippen LogP contribution in [0.4, 0.5) is 58.7 Å². The van der Waals surface area contributed by atoms with Gasteiger partial charge in [-0.15, -0.1) is 0 Å². The highest BCUT2D eigenvalue weighted by Crippen LogP contribution is 2.32. The molecule has 324 valence electrons. The summed E-state index contributed by atoms with van der Waals surface area (Å²) in [6, 6.07) is 14.2. The van der Waals surface area contributed by atoms with Crippen molar-refractivity contribution in [2.75, 3.05) is 28.7 Å². The molecular weight excluding hydrogens is 902 g/mol. The van der Waals surface area contributed by atoms with E-state index in [-0.39, 0.29) is 45.4 Å². The molecular formula is C37H32BBrF3N13O8. The first-order valence-corrected chi connectivity index (χ1v) is 17.8. The topological polar surface area (TPSA) is 364 Å². The maximum atomic E-state index is 13.0. The third kappa shape index (κ3) is 14.7. The summed E-state index contributed by atoms with van der Waals surface area (Å²) in [7, 11) is -1.65.